The molecule has 2 aromatic heterocycles. The molecule has 3 N–H and O–H groups in total. The number of nitrogen functional groups attached to an aromatic ring is 1. The van der Waals surface area contributed by atoms with Crippen molar-refractivity contribution in [2.45, 2.75) is 39.7 Å². The number of hydrogen-bond acceptors (Lipinski definition) is 4. The Morgan fingerprint density at radius 2 is 2.25 bits per heavy atom. The van der Waals surface area contributed by atoms with Gasteiger partial charge in [0.15, 0.2) is 0 Å². The van der Waals surface area contributed by atoms with E-state index in [0.717, 1.165) is 23.1 Å². The number of anilines is 1. The maximum Gasteiger partial charge on any atom is 0.263 e. The van der Waals surface area contributed by atoms with Gasteiger partial charge in [-0.1, -0.05) is 20.3 Å². The van der Waals surface area contributed by atoms with Crippen molar-refractivity contribution in [2.24, 2.45) is 5.92 Å². The van der Waals surface area contributed by atoms with Crippen molar-refractivity contribution in [3.8, 4) is 0 Å². The summed E-state index contributed by atoms with van der Waals surface area (Å²) in [5.74, 6) is 0.507. The van der Waals surface area contributed by atoms with Crippen molar-refractivity contribution < 1.29 is 4.79 Å². The van der Waals surface area contributed by atoms with Gasteiger partial charge in [0, 0.05) is 12.2 Å². The minimum atomic E-state index is -0.0960. The lowest BCUT2D eigenvalue weighted by atomic mass is 10.0. The molecule has 0 saturated heterocycles. The van der Waals surface area contributed by atoms with E-state index < -0.39 is 0 Å². The molecular weight excluding hydrogens is 270 g/mol. The zero-order valence-electron chi connectivity index (χ0n) is 12.1. The molecule has 0 aromatic carbocycles. The molecular formula is C15H21N3OS. The van der Waals surface area contributed by atoms with Crippen LogP contribution in [0.3, 0.4) is 0 Å². The number of nitrogens with zero attached hydrogens (tertiary/aromatic N) is 1. The predicted molar refractivity (Wildman–Crippen MR) is 85.0 cm³/mol. The first-order valence-corrected chi connectivity index (χ1v) is 7.78. The fourth-order valence-corrected chi connectivity index (χ4v) is 3.22. The number of thiophene rings is 1. The Labute approximate surface area is 123 Å². The third-order valence-corrected chi connectivity index (χ3v) is 4.68. The van der Waals surface area contributed by atoms with E-state index in [1.54, 1.807) is 6.20 Å². The second kappa shape index (κ2) is 6.22. The molecule has 0 spiro atoms. The minimum Gasteiger partial charge on any atom is -0.396 e. The number of carbonyl (C=O) groups excluding carboxylic acids is 1. The Hall–Kier alpha value is -1.62. The summed E-state index contributed by atoms with van der Waals surface area (Å²) in [4.78, 5) is 17.1. The first-order valence-electron chi connectivity index (χ1n) is 6.96. The van der Waals surface area contributed by atoms with E-state index in [-0.39, 0.29) is 11.9 Å². The van der Waals surface area contributed by atoms with Gasteiger partial charge in [-0.25, -0.2) is 0 Å². The third-order valence-electron chi connectivity index (χ3n) is 3.52. The predicted octanol–water partition coefficient (Wildman–Crippen LogP) is 3.43. The van der Waals surface area contributed by atoms with E-state index >= 15 is 0 Å². The fraction of sp³-hybridized carbons (Fsp3) is 0.467. The van der Waals surface area contributed by atoms with Gasteiger partial charge in [-0.15, -0.1) is 11.3 Å². The molecule has 108 valence electrons. The minimum absolute atomic E-state index is 0.0960. The van der Waals surface area contributed by atoms with Crippen molar-refractivity contribution in [1.29, 1.82) is 0 Å². The number of rotatable bonds is 5. The van der Waals surface area contributed by atoms with Crippen LogP contribution in [-0.2, 0) is 0 Å². The summed E-state index contributed by atoms with van der Waals surface area (Å²) in [5.41, 5.74) is 7.23. The van der Waals surface area contributed by atoms with E-state index in [9.17, 15) is 4.79 Å². The molecule has 2 aromatic rings. The van der Waals surface area contributed by atoms with Gasteiger partial charge in [-0.2, -0.15) is 0 Å². The van der Waals surface area contributed by atoms with Crippen molar-refractivity contribution in [2.75, 3.05) is 5.73 Å². The number of amides is 1. The van der Waals surface area contributed by atoms with Gasteiger partial charge in [0.05, 0.1) is 10.4 Å². The van der Waals surface area contributed by atoms with Gasteiger partial charge >= 0.3 is 0 Å². The number of hydrogen-bond donors (Lipinski definition) is 2. The number of nitrogens with two attached hydrogens (primary N) is 1. The maximum atomic E-state index is 12.3. The fourth-order valence-electron chi connectivity index (χ4n) is 2.23. The first kappa shape index (κ1) is 14.8. The molecule has 20 heavy (non-hydrogen) atoms. The highest BCUT2D eigenvalue weighted by Gasteiger charge is 2.19. The van der Waals surface area contributed by atoms with Gasteiger partial charge in [0.25, 0.3) is 5.91 Å². The maximum absolute atomic E-state index is 12.3. The first-order chi connectivity index (χ1) is 9.52. The van der Waals surface area contributed by atoms with Crippen LogP contribution in [0.25, 0.3) is 10.2 Å². The topological polar surface area (TPSA) is 68.0 Å². The number of carbonyl (C=O) groups is 1. The number of pyridine rings is 1. The average molecular weight is 291 g/mol. The summed E-state index contributed by atoms with van der Waals surface area (Å²) in [5, 5.41) is 3.03. The Morgan fingerprint density at radius 1 is 1.50 bits per heavy atom. The number of fused-ring (bicyclic) bond motifs is 1. The molecule has 2 rings (SSSR count). The second-order valence-corrected chi connectivity index (χ2v) is 6.37. The molecule has 2 heterocycles. The molecule has 1 amide bonds. The lowest BCUT2D eigenvalue weighted by molar-refractivity contribution is 0.0940. The molecule has 0 aliphatic rings. The molecule has 4 nitrogen and oxygen atoms in total. The van der Waals surface area contributed by atoms with Crippen molar-refractivity contribution in [3.05, 3.63) is 23.2 Å². The summed E-state index contributed by atoms with van der Waals surface area (Å²) in [6, 6.07) is 3.93. The van der Waals surface area contributed by atoms with Crippen LogP contribution in [-0.4, -0.2) is 16.9 Å². The molecule has 5 heteroatoms. The quantitative estimate of drug-likeness (QED) is 0.886. The second-order valence-electron chi connectivity index (χ2n) is 5.32. The van der Waals surface area contributed by atoms with Crippen LogP contribution in [0.15, 0.2) is 18.3 Å². The summed E-state index contributed by atoms with van der Waals surface area (Å²) >= 11 is 1.40. The standard InChI is InChI=1S/C15H21N3OS/c1-4-9(2)8-10(3)18-15(19)14-12(16)13-11(20-14)6-5-7-17-13/h5-7,9-10H,4,8,16H2,1-3H3,(H,18,19). The summed E-state index contributed by atoms with van der Waals surface area (Å²) in [6.07, 6.45) is 3.79. The Bertz CT molecular complexity index is 608. The molecule has 0 saturated carbocycles. The van der Waals surface area contributed by atoms with Crippen molar-refractivity contribution in [1.82, 2.24) is 10.3 Å². The Morgan fingerprint density at radius 3 is 2.90 bits per heavy atom. The lowest BCUT2D eigenvalue weighted by Crippen LogP contribution is -2.33. The van der Waals surface area contributed by atoms with Crippen LogP contribution < -0.4 is 11.1 Å². The van der Waals surface area contributed by atoms with Gasteiger partial charge in [0.1, 0.15) is 10.4 Å². The summed E-state index contributed by atoms with van der Waals surface area (Å²) < 4.78 is 0.949. The lowest BCUT2D eigenvalue weighted by Gasteiger charge is -2.17. The van der Waals surface area contributed by atoms with Crippen LogP contribution >= 0.6 is 11.3 Å². The van der Waals surface area contributed by atoms with Gasteiger partial charge in [0.2, 0.25) is 0 Å². The SMILES string of the molecule is CCC(C)CC(C)NC(=O)c1sc2cccnc2c1N. The molecule has 2 unspecified atom stereocenters. The van der Waals surface area contributed by atoms with E-state index in [1.807, 2.05) is 19.1 Å². The van der Waals surface area contributed by atoms with Crippen LogP contribution in [0.2, 0.25) is 0 Å². The zero-order valence-corrected chi connectivity index (χ0v) is 13.0. The smallest absolute Gasteiger partial charge is 0.263 e. The van der Waals surface area contributed by atoms with E-state index in [4.69, 9.17) is 5.73 Å². The Balaban J connectivity index is 2.13. The normalized spacial score (nSPS) is 14.2. The zero-order chi connectivity index (χ0) is 14.7. The van der Waals surface area contributed by atoms with E-state index in [2.05, 4.69) is 24.1 Å². The van der Waals surface area contributed by atoms with E-state index in [1.165, 1.54) is 11.3 Å². The third kappa shape index (κ3) is 3.10. The monoisotopic (exact) mass is 291 g/mol. The molecule has 0 radical (unpaired) electrons. The molecule has 0 bridgehead atoms. The molecule has 0 fully saturated rings. The number of nitrogens with one attached hydrogen (secondary N) is 1. The van der Waals surface area contributed by atoms with Crippen molar-refractivity contribution >= 4 is 33.1 Å². The highest BCUT2D eigenvalue weighted by Crippen LogP contribution is 2.31. The van der Waals surface area contributed by atoms with Crippen LogP contribution in [0.5, 0.6) is 0 Å². The number of aromatic nitrogens is 1. The van der Waals surface area contributed by atoms with Crippen LogP contribution in [0.1, 0.15) is 43.3 Å². The Kier molecular flexibility index (Phi) is 4.60. The summed E-state index contributed by atoms with van der Waals surface area (Å²) in [6.45, 7) is 6.39. The summed E-state index contributed by atoms with van der Waals surface area (Å²) in [7, 11) is 0. The van der Waals surface area contributed by atoms with Crippen LogP contribution in [0, 0.1) is 5.92 Å². The van der Waals surface area contributed by atoms with Crippen LogP contribution in [0.4, 0.5) is 5.69 Å². The highest BCUT2D eigenvalue weighted by atomic mass is 32.1. The highest BCUT2D eigenvalue weighted by molar-refractivity contribution is 7.21. The van der Waals surface area contributed by atoms with Crippen molar-refractivity contribution in [3.63, 3.8) is 0 Å². The molecule has 0 aliphatic heterocycles. The van der Waals surface area contributed by atoms with Gasteiger partial charge < -0.3 is 11.1 Å². The van der Waals surface area contributed by atoms with Gasteiger partial charge in [-0.05, 0) is 31.4 Å². The largest absolute Gasteiger partial charge is 0.396 e. The van der Waals surface area contributed by atoms with Gasteiger partial charge in [-0.3, -0.25) is 9.78 Å². The molecule has 2 atom stereocenters. The molecule has 0 aliphatic carbocycles. The average Bonchev–Trinajstić information content (AvgIpc) is 2.76. The van der Waals surface area contributed by atoms with E-state index in [0.29, 0.717) is 16.5 Å².